The number of halogens is 1. The quantitative estimate of drug-likeness (QED) is 0.568. The Hall–Kier alpha value is -1.19. The Morgan fingerprint density at radius 1 is 1.56 bits per heavy atom. The maximum Gasteiger partial charge on any atom is 0.121 e. The van der Waals surface area contributed by atoms with E-state index in [-0.39, 0.29) is 5.88 Å². The number of hydrogen-bond donors (Lipinski definition) is 2. The molecule has 0 aliphatic rings. The van der Waals surface area contributed by atoms with Crippen molar-refractivity contribution in [1.29, 1.82) is 0 Å². The first kappa shape index (κ1) is 12.9. The second-order valence-electron chi connectivity index (χ2n) is 3.32. The normalized spacial score (nSPS) is 11.9. The van der Waals surface area contributed by atoms with E-state index in [0.29, 0.717) is 13.2 Å². The summed E-state index contributed by atoms with van der Waals surface area (Å²) in [6, 6.07) is 7.52. The molecule has 0 spiro atoms. The van der Waals surface area contributed by atoms with Crippen LogP contribution >= 0.6 is 11.6 Å². The topological polar surface area (TPSA) is 41.5 Å². The Labute approximate surface area is 101 Å². The number of aliphatic hydroxyl groups is 1. The van der Waals surface area contributed by atoms with Crippen LogP contribution < -0.4 is 10.1 Å². The van der Waals surface area contributed by atoms with Crippen LogP contribution in [0.2, 0.25) is 0 Å². The van der Waals surface area contributed by atoms with E-state index in [1.807, 2.05) is 24.3 Å². The van der Waals surface area contributed by atoms with Gasteiger partial charge in [0.05, 0.1) is 12.0 Å². The van der Waals surface area contributed by atoms with Crippen LogP contribution in [0.1, 0.15) is 0 Å². The van der Waals surface area contributed by atoms with Gasteiger partial charge in [-0.05, 0) is 12.1 Å². The van der Waals surface area contributed by atoms with Gasteiger partial charge in [0.2, 0.25) is 0 Å². The molecule has 88 valence electrons. The van der Waals surface area contributed by atoms with Crippen LogP contribution in [0.15, 0.2) is 36.9 Å². The van der Waals surface area contributed by atoms with E-state index in [1.165, 1.54) is 0 Å². The molecule has 1 atom stereocenters. The van der Waals surface area contributed by atoms with Gasteiger partial charge >= 0.3 is 0 Å². The smallest absolute Gasteiger partial charge is 0.121 e. The molecule has 0 bridgehead atoms. The Morgan fingerprint density at radius 3 is 3.06 bits per heavy atom. The molecule has 1 aromatic carbocycles. The van der Waals surface area contributed by atoms with Gasteiger partial charge in [0.1, 0.15) is 12.4 Å². The van der Waals surface area contributed by atoms with Crippen LogP contribution in [-0.2, 0) is 0 Å². The van der Waals surface area contributed by atoms with E-state index < -0.39 is 6.10 Å². The Bertz CT molecular complexity index is 331. The molecule has 0 radical (unpaired) electrons. The van der Waals surface area contributed by atoms with Crippen LogP contribution in [0.25, 0.3) is 0 Å². The SMILES string of the molecule is C=CCOc1cccc(NCC(O)CCl)c1. The molecule has 16 heavy (non-hydrogen) atoms. The highest BCUT2D eigenvalue weighted by molar-refractivity contribution is 6.18. The maximum atomic E-state index is 9.29. The fraction of sp³-hybridized carbons (Fsp3) is 0.333. The lowest BCUT2D eigenvalue weighted by Gasteiger charge is -2.11. The molecule has 0 aromatic heterocycles. The first-order valence-electron chi connectivity index (χ1n) is 5.08. The average Bonchev–Trinajstić information content (AvgIpc) is 2.34. The van der Waals surface area contributed by atoms with Gasteiger partial charge < -0.3 is 15.2 Å². The lowest BCUT2D eigenvalue weighted by Crippen LogP contribution is -2.20. The summed E-state index contributed by atoms with van der Waals surface area (Å²) in [6.07, 6.45) is 1.15. The highest BCUT2D eigenvalue weighted by Crippen LogP contribution is 2.17. The molecule has 0 aliphatic carbocycles. The molecule has 0 aliphatic heterocycles. The molecule has 0 saturated carbocycles. The monoisotopic (exact) mass is 241 g/mol. The number of alkyl halides is 1. The van der Waals surface area contributed by atoms with Crippen molar-refractivity contribution < 1.29 is 9.84 Å². The number of ether oxygens (including phenoxy) is 1. The molecule has 0 amide bonds. The van der Waals surface area contributed by atoms with Gasteiger partial charge in [-0.15, -0.1) is 11.6 Å². The zero-order chi connectivity index (χ0) is 11.8. The summed E-state index contributed by atoms with van der Waals surface area (Å²) in [4.78, 5) is 0. The average molecular weight is 242 g/mol. The van der Waals surface area contributed by atoms with E-state index in [2.05, 4.69) is 11.9 Å². The van der Waals surface area contributed by atoms with E-state index >= 15 is 0 Å². The van der Waals surface area contributed by atoms with Gasteiger partial charge in [0.25, 0.3) is 0 Å². The molecule has 4 heteroatoms. The minimum Gasteiger partial charge on any atom is -0.489 e. The van der Waals surface area contributed by atoms with E-state index in [9.17, 15) is 5.11 Å². The highest BCUT2D eigenvalue weighted by atomic mass is 35.5. The third-order valence-corrected chi connectivity index (χ3v) is 2.28. The molecule has 0 heterocycles. The summed E-state index contributed by atoms with van der Waals surface area (Å²) >= 11 is 5.49. The largest absolute Gasteiger partial charge is 0.489 e. The first-order chi connectivity index (χ1) is 7.76. The minimum atomic E-state index is -0.542. The number of rotatable bonds is 7. The third kappa shape index (κ3) is 4.55. The Morgan fingerprint density at radius 2 is 2.38 bits per heavy atom. The van der Waals surface area contributed by atoms with Gasteiger partial charge in [-0.25, -0.2) is 0 Å². The number of aliphatic hydroxyl groups excluding tert-OH is 1. The van der Waals surface area contributed by atoms with Crippen LogP contribution in [0.4, 0.5) is 5.69 Å². The second kappa shape index (κ2) is 7.14. The van der Waals surface area contributed by atoms with Crippen molar-refractivity contribution in [3.8, 4) is 5.75 Å². The molecular weight excluding hydrogens is 226 g/mol. The van der Waals surface area contributed by atoms with Crippen molar-refractivity contribution in [1.82, 2.24) is 0 Å². The summed E-state index contributed by atoms with van der Waals surface area (Å²) in [5.74, 6) is 0.991. The van der Waals surface area contributed by atoms with Crippen LogP contribution in [0.3, 0.4) is 0 Å². The molecular formula is C12H16ClNO2. The second-order valence-corrected chi connectivity index (χ2v) is 3.63. The van der Waals surface area contributed by atoms with Crippen LogP contribution in [0.5, 0.6) is 5.75 Å². The Balaban J connectivity index is 2.49. The number of nitrogens with one attached hydrogen (secondary N) is 1. The lowest BCUT2D eigenvalue weighted by atomic mass is 10.3. The first-order valence-corrected chi connectivity index (χ1v) is 5.61. The summed E-state index contributed by atoms with van der Waals surface area (Å²) < 4.78 is 5.38. The van der Waals surface area contributed by atoms with E-state index in [0.717, 1.165) is 11.4 Å². The summed E-state index contributed by atoms with van der Waals surface area (Å²) in [7, 11) is 0. The summed E-state index contributed by atoms with van der Waals surface area (Å²) in [6.45, 7) is 4.49. The van der Waals surface area contributed by atoms with Crippen molar-refractivity contribution in [3.63, 3.8) is 0 Å². The van der Waals surface area contributed by atoms with Crippen molar-refractivity contribution >= 4 is 17.3 Å². The fourth-order valence-electron chi connectivity index (χ4n) is 1.14. The van der Waals surface area contributed by atoms with E-state index in [1.54, 1.807) is 6.08 Å². The molecule has 3 nitrogen and oxygen atoms in total. The molecule has 0 fully saturated rings. The van der Waals surface area contributed by atoms with Crippen molar-refractivity contribution in [3.05, 3.63) is 36.9 Å². The van der Waals surface area contributed by atoms with Gasteiger partial charge in [-0.2, -0.15) is 0 Å². The van der Waals surface area contributed by atoms with Crippen LogP contribution in [-0.4, -0.2) is 30.2 Å². The predicted octanol–water partition coefficient (Wildman–Crippen LogP) is 2.26. The lowest BCUT2D eigenvalue weighted by molar-refractivity contribution is 0.211. The maximum absolute atomic E-state index is 9.29. The van der Waals surface area contributed by atoms with Crippen LogP contribution in [0, 0.1) is 0 Å². The number of anilines is 1. The Kier molecular flexibility index (Phi) is 5.75. The molecule has 2 N–H and O–H groups in total. The number of benzene rings is 1. The molecule has 1 aromatic rings. The van der Waals surface area contributed by atoms with Gasteiger partial charge in [-0.3, -0.25) is 0 Å². The van der Waals surface area contributed by atoms with Gasteiger partial charge in [0.15, 0.2) is 0 Å². The summed E-state index contributed by atoms with van der Waals surface area (Å²) in [5.41, 5.74) is 0.894. The van der Waals surface area contributed by atoms with Gasteiger partial charge in [0, 0.05) is 18.3 Å². The fourth-order valence-corrected chi connectivity index (χ4v) is 1.25. The van der Waals surface area contributed by atoms with Gasteiger partial charge in [-0.1, -0.05) is 18.7 Å². The van der Waals surface area contributed by atoms with Crippen molar-refractivity contribution in [2.24, 2.45) is 0 Å². The zero-order valence-electron chi connectivity index (χ0n) is 9.03. The zero-order valence-corrected chi connectivity index (χ0v) is 9.78. The predicted molar refractivity (Wildman–Crippen MR) is 67.4 cm³/mol. The standard InChI is InChI=1S/C12H16ClNO2/c1-2-6-16-12-5-3-4-10(7-12)14-9-11(15)8-13/h2-5,7,11,14-15H,1,6,8-9H2. The molecule has 1 unspecified atom stereocenters. The highest BCUT2D eigenvalue weighted by Gasteiger charge is 2.01. The molecule has 0 saturated heterocycles. The van der Waals surface area contributed by atoms with Crippen molar-refractivity contribution in [2.45, 2.75) is 6.10 Å². The van der Waals surface area contributed by atoms with E-state index in [4.69, 9.17) is 16.3 Å². The number of hydrogen-bond acceptors (Lipinski definition) is 3. The minimum absolute atomic E-state index is 0.222. The van der Waals surface area contributed by atoms with Crippen molar-refractivity contribution in [2.75, 3.05) is 24.3 Å². The summed E-state index contributed by atoms with van der Waals surface area (Å²) in [5, 5.41) is 12.4. The third-order valence-electron chi connectivity index (χ3n) is 1.92. The molecule has 1 rings (SSSR count).